The Morgan fingerprint density at radius 3 is 1.73 bits per heavy atom. The van der Waals surface area contributed by atoms with Gasteiger partial charge in [-0.1, -0.05) is 0 Å². The third kappa shape index (κ3) is 33.6. The minimum atomic E-state index is -0.533. The molecule has 0 fully saturated rings. The van der Waals surface area contributed by atoms with Gasteiger partial charge in [0.2, 0.25) is 12.8 Å². The number of amides is 2. The van der Waals surface area contributed by atoms with Crippen LogP contribution in [0.1, 0.15) is 0 Å². The lowest BCUT2D eigenvalue weighted by atomic mass is 10.8. The summed E-state index contributed by atoms with van der Waals surface area (Å²) < 4.78 is 9.77. The molecule has 0 spiro atoms. The number of hydrogen-bond donors (Lipinski definition) is 4. The maximum Gasteiger partial charge on any atom is 0.408 e. The summed E-state index contributed by atoms with van der Waals surface area (Å²) in [7, 11) is 0. The first-order chi connectivity index (χ1) is 19.7. The molecule has 0 saturated heterocycles. The van der Waals surface area contributed by atoms with E-state index in [0.29, 0.717) is 29.4 Å². The SMILES string of the molecule is O=C(NCSCCSC/N=C\OOCSCCSCOC(=O)NCSCCSC/N=C/OOCCO)OCCO. The number of aliphatic imine (C=N–C) groups is 2. The Hall–Kier alpha value is -0.580. The molecule has 2 amide bonds. The molecule has 4 N–H and O–H groups in total. The van der Waals surface area contributed by atoms with E-state index < -0.39 is 12.2 Å². The van der Waals surface area contributed by atoms with Gasteiger partial charge in [0, 0.05) is 34.5 Å². The van der Waals surface area contributed by atoms with Crippen LogP contribution in [0.3, 0.4) is 0 Å². The Morgan fingerprint density at radius 1 is 0.625 bits per heavy atom. The summed E-state index contributed by atoms with van der Waals surface area (Å²) in [6.45, 7) is -0.197. The van der Waals surface area contributed by atoms with E-state index in [4.69, 9.17) is 24.7 Å². The van der Waals surface area contributed by atoms with E-state index in [0.717, 1.165) is 34.5 Å². The molecule has 0 saturated carbocycles. The van der Waals surface area contributed by atoms with Crippen molar-refractivity contribution in [2.24, 2.45) is 9.98 Å². The normalized spacial score (nSPS) is 11.2. The zero-order chi connectivity index (χ0) is 29.2. The molecule has 0 aromatic carbocycles. The smallest absolute Gasteiger partial charge is 0.408 e. The first kappa shape index (κ1) is 39.4. The highest BCUT2D eigenvalue weighted by molar-refractivity contribution is 8.03. The summed E-state index contributed by atoms with van der Waals surface area (Å²) in [6.07, 6.45) is 1.49. The molecular weight excluding hydrogens is 649 g/mol. The molecule has 40 heavy (non-hydrogen) atoms. The second-order valence-electron chi connectivity index (χ2n) is 6.31. The van der Waals surface area contributed by atoms with E-state index in [9.17, 15) is 9.59 Å². The number of ether oxygens (including phenoxy) is 2. The maximum atomic E-state index is 11.6. The topological polar surface area (TPSA) is 179 Å². The minimum absolute atomic E-state index is 0.00585. The number of carbonyl (C=O) groups excluding carboxylic acids is 2. The Bertz CT molecular complexity index is 647. The summed E-state index contributed by atoms with van der Waals surface area (Å²) in [5.41, 5.74) is 0. The van der Waals surface area contributed by atoms with Crippen LogP contribution < -0.4 is 10.6 Å². The number of thioether (sulfide) groups is 6. The van der Waals surface area contributed by atoms with E-state index in [1.54, 1.807) is 58.8 Å². The monoisotopic (exact) mass is 686 g/mol. The van der Waals surface area contributed by atoms with E-state index >= 15 is 0 Å². The summed E-state index contributed by atoms with van der Waals surface area (Å²) >= 11 is 9.44. The third-order valence-corrected chi connectivity index (χ3v) is 9.00. The van der Waals surface area contributed by atoms with Crippen molar-refractivity contribution in [3.8, 4) is 0 Å². The average molecular weight is 687 g/mol. The first-order valence-corrected chi connectivity index (χ1v) is 18.7. The third-order valence-electron chi connectivity index (χ3n) is 3.36. The van der Waals surface area contributed by atoms with Crippen molar-refractivity contribution >= 4 is 95.6 Å². The van der Waals surface area contributed by atoms with Gasteiger partial charge in [-0.2, -0.15) is 9.78 Å². The van der Waals surface area contributed by atoms with Crippen LogP contribution in [0.2, 0.25) is 0 Å². The molecule has 0 aliphatic carbocycles. The summed E-state index contributed by atoms with van der Waals surface area (Å²) in [5.74, 6) is 7.72. The molecule has 234 valence electrons. The molecule has 20 heteroatoms. The number of nitrogens with one attached hydrogen (secondary N) is 2. The summed E-state index contributed by atoms with van der Waals surface area (Å²) in [6, 6.07) is 0. The van der Waals surface area contributed by atoms with Gasteiger partial charge in [-0.05, 0) is 0 Å². The molecule has 0 unspecified atom stereocenters. The van der Waals surface area contributed by atoms with E-state index in [-0.39, 0.29) is 32.4 Å². The number of rotatable bonds is 29. The highest BCUT2D eigenvalue weighted by atomic mass is 32.2. The maximum absolute atomic E-state index is 11.6. The molecule has 0 aliphatic heterocycles. The minimum Gasteiger partial charge on any atom is -0.447 e. The molecule has 0 rings (SSSR count). The molecule has 0 radical (unpaired) electrons. The molecule has 0 heterocycles. The van der Waals surface area contributed by atoms with Gasteiger partial charge in [0.05, 0.1) is 36.7 Å². The highest BCUT2D eigenvalue weighted by Crippen LogP contribution is 2.09. The Balaban J connectivity index is 3.26. The van der Waals surface area contributed by atoms with Crippen LogP contribution in [0, 0.1) is 0 Å². The van der Waals surface area contributed by atoms with Gasteiger partial charge in [0.15, 0.2) is 0 Å². The number of carbonyl (C=O) groups is 2. The molecule has 0 aromatic rings. The van der Waals surface area contributed by atoms with Gasteiger partial charge in [0.25, 0.3) is 0 Å². The van der Waals surface area contributed by atoms with Crippen LogP contribution in [0.5, 0.6) is 0 Å². The van der Waals surface area contributed by atoms with Gasteiger partial charge < -0.3 is 40.1 Å². The van der Waals surface area contributed by atoms with Crippen LogP contribution in [0.4, 0.5) is 9.59 Å². The number of nitrogens with zero attached hydrogens (tertiary/aromatic N) is 2. The second kappa shape index (κ2) is 34.6. The van der Waals surface area contributed by atoms with Crippen molar-refractivity contribution in [2.45, 2.75) is 0 Å². The van der Waals surface area contributed by atoms with Gasteiger partial charge in [-0.3, -0.25) is 0 Å². The fourth-order valence-electron chi connectivity index (χ4n) is 1.74. The lowest BCUT2D eigenvalue weighted by molar-refractivity contribution is -0.221. The second-order valence-corrected chi connectivity index (χ2v) is 12.8. The highest BCUT2D eigenvalue weighted by Gasteiger charge is 2.02. The van der Waals surface area contributed by atoms with Crippen molar-refractivity contribution in [2.75, 3.05) is 96.3 Å². The quantitative estimate of drug-likeness (QED) is 0.0225. The summed E-state index contributed by atoms with van der Waals surface area (Å²) in [5, 5.41) is 22.3. The fourth-order valence-corrected chi connectivity index (χ4v) is 6.43. The number of aliphatic hydroxyl groups excluding tert-OH is 2. The Kier molecular flexibility index (Phi) is 34.1. The first-order valence-electron chi connectivity index (χ1n) is 11.7. The van der Waals surface area contributed by atoms with Crippen molar-refractivity contribution in [1.82, 2.24) is 10.6 Å². The van der Waals surface area contributed by atoms with Gasteiger partial charge in [-0.25, -0.2) is 19.6 Å². The summed E-state index contributed by atoms with van der Waals surface area (Å²) in [4.78, 5) is 49.8. The number of alkyl carbamates (subject to hydrolysis) is 2. The van der Waals surface area contributed by atoms with Crippen molar-refractivity contribution < 1.29 is 48.8 Å². The van der Waals surface area contributed by atoms with E-state index in [1.807, 2.05) is 0 Å². The largest absolute Gasteiger partial charge is 0.447 e. The van der Waals surface area contributed by atoms with Crippen LogP contribution in [-0.4, -0.2) is 132 Å². The molecule has 0 bridgehead atoms. The molecule has 0 aliphatic rings. The van der Waals surface area contributed by atoms with Crippen molar-refractivity contribution in [3.63, 3.8) is 0 Å². The lowest BCUT2D eigenvalue weighted by Gasteiger charge is -2.06. The van der Waals surface area contributed by atoms with Crippen molar-refractivity contribution in [1.29, 1.82) is 0 Å². The number of hydrogen-bond acceptors (Lipinski definition) is 18. The molecule has 0 aromatic heterocycles. The molecular formula is C20H38N4O10S6. The molecule has 0 atom stereocenters. The fraction of sp³-hybridized carbons (Fsp3) is 0.800. The van der Waals surface area contributed by atoms with Crippen LogP contribution in [0.25, 0.3) is 0 Å². The van der Waals surface area contributed by atoms with Gasteiger partial charge in [-0.15, -0.1) is 70.6 Å². The van der Waals surface area contributed by atoms with Crippen LogP contribution >= 0.6 is 70.6 Å². The number of aliphatic hydroxyl groups is 2. The van der Waals surface area contributed by atoms with Gasteiger partial charge in [0.1, 0.15) is 25.1 Å². The average Bonchev–Trinajstić information content (AvgIpc) is 2.96. The zero-order valence-electron chi connectivity index (χ0n) is 22.0. The molecule has 14 nitrogen and oxygen atoms in total. The predicted molar refractivity (Wildman–Crippen MR) is 168 cm³/mol. The standard InChI is InChI=1S/C20H38N4O10S6/c25-1-3-29-19(27)23-15-37-7-5-36-14-22-12-33-34-18-40-10-9-39-17-30-20(28)24-16-38-8-6-35-13-21-11-32-31-4-2-26/h11-12,25-26H,1-10,13-18H2,(H,23,27)(H,24,28)/b21-11+,22-12-. The lowest BCUT2D eigenvalue weighted by Crippen LogP contribution is -2.25. The zero-order valence-corrected chi connectivity index (χ0v) is 26.9. The van der Waals surface area contributed by atoms with Crippen LogP contribution in [-0.2, 0) is 29.0 Å². The van der Waals surface area contributed by atoms with Crippen molar-refractivity contribution in [3.05, 3.63) is 0 Å². The van der Waals surface area contributed by atoms with E-state index in [2.05, 4.69) is 35.1 Å². The Morgan fingerprint density at radius 2 is 1.12 bits per heavy atom. The van der Waals surface area contributed by atoms with E-state index in [1.165, 1.54) is 24.6 Å². The van der Waals surface area contributed by atoms with Crippen LogP contribution in [0.15, 0.2) is 9.98 Å². The van der Waals surface area contributed by atoms with Gasteiger partial charge >= 0.3 is 12.2 Å². The Labute approximate surface area is 260 Å². The predicted octanol–water partition coefficient (Wildman–Crippen LogP) is 2.52.